The molecule has 2 aromatic carbocycles. The third-order valence-corrected chi connectivity index (χ3v) is 7.45. The van der Waals surface area contributed by atoms with Crippen molar-refractivity contribution in [2.45, 2.75) is 67.9 Å². The summed E-state index contributed by atoms with van der Waals surface area (Å²) in [6, 6.07) is 14.6. The fourth-order valence-electron chi connectivity index (χ4n) is 5.07. The average Bonchev–Trinajstić information content (AvgIpc) is 3.43. The van der Waals surface area contributed by atoms with Crippen LogP contribution in [0.25, 0.3) is 16.7 Å². The molecule has 0 radical (unpaired) electrons. The molecule has 228 valence electrons. The van der Waals surface area contributed by atoms with Crippen molar-refractivity contribution in [1.82, 2.24) is 9.78 Å². The summed E-state index contributed by atoms with van der Waals surface area (Å²) in [4.78, 5) is 4.55. The number of nitrogens with two attached hydrogens (primary N) is 1. The van der Waals surface area contributed by atoms with Crippen molar-refractivity contribution in [3.8, 4) is 11.8 Å². The Morgan fingerprint density at radius 3 is 2.30 bits per heavy atom. The number of nitrogens with one attached hydrogen (secondary N) is 1. The van der Waals surface area contributed by atoms with Gasteiger partial charge in [-0.3, -0.25) is 4.68 Å². The highest BCUT2D eigenvalue weighted by atomic mass is 15.3. The van der Waals surface area contributed by atoms with Crippen molar-refractivity contribution in [3.05, 3.63) is 125 Å². The van der Waals surface area contributed by atoms with Gasteiger partial charge in [-0.15, -0.1) is 0 Å². The predicted octanol–water partition coefficient (Wildman–Crippen LogP) is 9.20. The monoisotopic (exact) mass is 585 g/mol. The Morgan fingerprint density at radius 1 is 0.955 bits per heavy atom. The van der Waals surface area contributed by atoms with E-state index in [2.05, 4.69) is 103 Å². The number of hydrogen-bond donors (Lipinski definition) is 2. The zero-order chi connectivity index (χ0) is 32.4. The number of amidine groups is 1. The average molecular weight is 586 g/mol. The Bertz CT molecular complexity index is 1690. The van der Waals surface area contributed by atoms with Gasteiger partial charge >= 0.3 is 0 Å². The molecule has 0 aliphatic rings. The molecule has 3 rings (SSSR count). The summed E-state index contributed by atoms with van der Waals surface area (Å²) in [5.41, 5.74) is 19.2. The van der Waals surface area contributed by atoms with E-state index < -0.39 is 0 Å². The van der Waals surface area contributed by atoms with Crippen LogP contribution >= 0.6 is 0 Å². The lowest BCUT2D eigenvalue weighted by Crippen LogP contribution is -2.07. The zero-order valence-electron chi connectivity index (χ0n) is 27.6. The molecule has 44 heavy (non-hydrogen) atoms. The van der Waals surface area contributed by atoms with Crippen molar-refractivity contribution >= 4 is 28.2 Å². The number of aliphatic imine (C=N–C) groups is 1. The van der Waals surface area contributed by atoms with E-state index in [0.717, 1.165) is 93.0 Å². The Morgan fingerprint density at radius 2 is 1.66 bits per heavy atom. The van der Waals surface area contributed by atoms with Gasteiger partial charge in [-0.2, -0.15) is 5.10 Å². The molecule has 5 heteroatoms. The number of nitrogens with zero attached hydrogens (tertiary/aromatic N) is 3. The molecular formula is C39H47N5. The second kappa shape index (κ2) is 15.6. The molecule has 0 aliphatic carbocycles. The number of benzene rings is 2. The van der Waals surface area contributed by atoms with Crippen molar-refractivity contribution < 1.29 is 0 Å². The van der Waals surface area contributed by atoms with Gasteiger partial charge in [0.15, 0.2) is 0 Å². The van der Waals surface area contributed by atoms with E-state index >= 15 is 0 Å². The van der Waals surface area contributed by atoms with Gasteiger partial charge in [0.25, 0.3) is 0 Å². The number of rotatable bonds is 12. The normalized spacial score (nSPS) is 12.5. The van der Waals surface area contributed by atoms with E-state index in [1.165, 1.54) is 5.56 Å². The van der Waals surface area contributed by atoms with Gasteiger partial charge in [0.2, 0.25) is 0 Å². The van der Waals surface area contributed by atoms with Gasteiger partial charge in [-0.1, -0.05) is 79.1 Å². The van der Waals surface area contributed by atoms with Gasteiger partial charge in [0.05, 0.1) is 17.6 Å². The van der Waals surface area contributed by atoms with Crippen molar-refractivity contribution in [2.75, 3.05) is 11.9 Å². The summed E-state index contributed by atoms with van der Waals surface area (Å²) in [6.07, 6.45) is 5.84. The van der Waals surface area contributed by atoms with Crippen molar-refractivity contribution in [3.63, 3.8) is 0 Å². The van der Waals surface area contributed by atoms with Crippen LogP contribution in [-0.2, 0) is 6.54 Å². The summed E-state index contributed by atoms with van der Waals surface area (Å²) in [7, 11) is 0. The summed E-state index contributed by atoms with van der Waals surface area (Å²) < 4.78 is 1.96. The van der Waals surface area contributed by atoms with Gasteiger partial charge in [0.1, 0.15) is 0 Å². The first-order chi connectivity index (χ1) is 20.9. The third kappa shape index (κ3) is 9.09. The number of hydrogen-bond acceptors (Lipinski definition) is 3. The fourth-order valence-corrected chi connectivity index (χ4v) is 5.07. The van der Waals surface area contributed by atoms with Gasteiger partial charge in [-0.05, 0) is 95.2 Å². The summed E-state index contributed by atoms with van der Waals surface area (Å²) >= 11 is 0. The molecule has 0 unspecified atom stereocenters. The molecular weight excluding hydrogens is 538 g/mol. The van der Waals surface area contributed by atoms with Crippen molar-refractivity contribution in [1.29, 1.82) is 0 Å². The molecule has 0 spiro atoms. The Hall–Kier alpha value is -4.82. The number of unbranched alkanes of at least 4 members (excludes halogenated alkanes) is 1. The molecule has 0 fully saturated rings. The molecule has 5 nitrogen and oxygen atoms in total. The first-order valence-corrected chi connectivity index (χ1v) is 15.1. The van der Waals surface area contributed by atoms with Crippen LogP contribution in [0.3, 0.4) is 0 Å². The quantitative estimate of drug-likeness (QED) is 0.0732. The highest BCUT2D eigenvalue weighted by molar-refractivity contribution is 5.86. The van der Waals surface area contributed by atoms with Crippen LogP contribution in [0.5, 0.6) is 0 Å². The minimum atomic E-state index is 0.505. The third-order valence-electron chi connectivity index (χ3n) is 7.45. The number of aromatic nitrogens is 2. The smallest absolute Gasteiger partial charge is 0.0961 e. The van der Waals surface area contributed by atoms with Crippen LogP contribution in [0.4, 0.5) is 5.69 Å². The van der Waals surface area contributed by atoms with E-state index in [9.17, 15) is 0 Å². The van der Waals surface area contributed by atoms with Gasteiger partial charge < -0.3 is 11.1 Å². The Balaban J connectivity index is 1.68. The van der Waals surface area contributed by atoms with E-state index in [1.54, 1.807) is 6.92 Å². The first kappa shape index (κ1) is 33.7. The van der Waals surface area contributed by atoms with E-state index in [-0.39, 0.29) is 0 Å². The summed E-state index contributed by atoms with van der Waals surface area (Å²) in [5.74, 6) is 7.13. The highest BCUT2D eigenvalue weighted by Crippen LogP contribution is 2.32. The SMILES string of the molecule is C=C(C(=C(/C)N=C(C)N)/C(C)=C(\C)C#Cc1cnn(CCCCNc2cccc(C(=C)C)c2C(=C)C)c1)c1ccc(C)cc1. The van der Waals surface area contributed by atoms with E-state index in [0.29, 0.717) is 5.84 Å². The molecule has 0 bridgehead atoms. The van der Waals surface area contributed by atoms with E-state index in [1.807, 2.05) is 44.8 Å². The molecule has 1 aromatic heterocycles. The zero-order valence-corrected chi connectivity index (χ0v) is 27.6. The molecule has 0 atom stereocenters. The largest absolute Gasteiger partial charge is 0.387 e. The second-order valence-corrected chi connectivity index (χ2v) is 11.5. The van der Waals surface area contributed by atoms with Gasteiger partial charge in [0, 0.05) is 47.4 Å². The Labute approximate surface area is 264 Å². The minimum Gasteiger partial charge on any atom is -0.387 e. The molecule has 0 saturated heterocycles. The standard InChI is InChI=1S/C39H47N5/c1-26(2)36-14-13-15-37(38(36)27(3)4)41-22-11-12-23-44-25-34(24-42-44)19-18-29(6)30(7)39(32(9)43-33(10)40)31(8)35-20-16-28(5)17-21-35/h13-17,20-21,24-25,41H,1,3,8,11-12,22-23H2,2,4-7,9-10H3,(H2,40,43)/b30-29+,39-32-. The maximum absolute atomic E-state index is 5.94. The van der Waals surface area contributed by atoms with Gasteiger partial charge in [-0.25, -0.2) is 4.99 Å². The van der Waals surface area contributed by atoms with Crippen LogP contribution < -0.4 is 11.1 Å². The molecule has 0 aliphatic heterocycles. The fraction of sp³-hybridized carbons (Fsp3) is 0.282. The van der Waals surface area contributed by atoms with Crippen LogP contribution in [0.15, 0.2) is 102 Å². The highest BCUT2D eigenvalue weighted by Gasteiger charge is 2.14. The first-order valence-electron chi connectivity index (χ1n) is 15.1. The van der Waals surface area contributed by atoms with Crippen LogP contribution in [-0.4, -0.2) is 22.2 Å². The summed E-state index contributed by atoms with van der Waals surface area (Å²) in [5, 5.41) is 8.12. The Kier molecular flexibility index (Phi) is 11.9. The number of allylic oxidation sites excluding steroid dienone is 7. The molecule has 1 heterocycles. The predicted molar refractivity (Wildman–Crippen MR) is 191 cm³/mol. The van der Waals surface area contributed by atoms with Crippen LogP contribution in [0, 0.1) is 18.8 Å². The van der Waals surface area contributed by atoms with Crippen LogP contribution in [0.2, 0.25) is 0 Å². The minimum absolute atomic E-state index is 0.505. The second-order valence-electron chi connectivity index (χ2n) is 11.5. The maximum Gasteiger partial charge on any atom is 0.0961 e. The maximum atomic E-state index is 5.94. The lowest BCUT2D eigenvalue weighted by atomic mass is 9.90. The van der Waals surface area contributed by atoms with Crippen molar-refractivity contribution in [2.24, 2.45) is 10.7 Å². The molecule has 0 amide bonds. The molecule has 3 N–H and O–H groups in total. The summed E-state index contributed by atoms with van der Waals surface area (Å²) in [6.45, 7) is 28.4. The lowest BCUT2D eigenvalue weighted by Gasteiger charge is -2.16. The van der Waals surface area contributed by atoms with Crippen LogP contribution in [0.1, 0.15) is 82.2 Å². The molecule has 3 aromatic rings. The lowest BCUT2D eigenvalue weighted by molar-refractivity contribution is 0.565. The number of aryl methyl sites for hydroxylation is 2. The topological polar surface area (TPSA) is 68.2 Å². The number of anilines is 1. The molecule has 0 saturated carbocycles. The van der Waals surface area contributed by atoms with E-state index in [4.69, 9.17) is 5.73 Å².